The molecule has 0 aliphatic carbocycles. The van der Waals surface area contributed by atoms with Gasteiger partial charge in [-0.1, -0.05) is 18.2 Å². The SMILES string of the molecule is CCN(c1ccc(CC#N)cc1)S(=O)(=O)c1cccs1. The van der Waals surface area contributed by atoms with E-state index in [0.717, 1.165) is 5.56 Å². The van der Waals surface area contributed by atoms with Crippen LogP contribution < -0.4 is 4.31 Å². The molecule has 1 aromatic carbocycles. The molecule has 20 heavy (non-hydrogen) atoms. The minimum atomic E-state index is -3.50. The van der Waals surface area contributed by atoms with E-state index in [2.05, 4.69) is 6.07 Å². The van der Waals surface area contributed by atoms with Gasteiger partial charge in [-0.05, 0) is 36.1 Å². The van der Waals surface area contributed by atoms with E-state index in [-0.39, 0.29) is 0 Å². The fraction of sp³-hybridized carbons (Fsp3) is 0.214. The van der Waals surface area contributed by atoms with Crippen LogP contribution >= 0.6 is 11.3 Å². The average Bonchev–Trinajstić information content (AvgIpc) is 2.96. The molecule has 0 saturated heterocycles. The second kappa shape index (κ2) is 6.07. The second-order valence-corrected chi connectivity index (χ2v) is 7.14. The molecule has 0 fully saturated rings. The van der Waals surface area contributed by atoms with E-state index in [1.165, 1.54) is 15.6 Å². The van der Waals surface area contributed by atoms with Gasteiger partial charge in [0, 0.05) is 6.54 Å². The van der Waals surface area contributed by atoms with Gasteiger partial charge in [0.05, 0.1) is 18.2 Å². The van der Waals surface area contributed by atoms with E-state index in [1.807, 2.05) is 0 Å². The van der Waals surface area contributed by atoms with Gasteiger partial charge in [0.2, 0.25) is 0 Å². The van der Waals surface area contributed by atoms with Crippen molar-refractivity contribution in [3.8, 4) is 6.07 Å². The Bertz CT molecular complexity index is 699. The minimum absolute atomic E-state index is 0.323. The minimum Gasteiger partial charge on any atom is -0.266 e. The van der Waals surface area contributed by atoms with Crippen LogP contribution in [0.4, 0.5) is 5.69 Å². The first-order valence-corrected chi connectivity index (χ1v) is 8.43. The fourth-order valence-corrected chi connectivity index (χ4v) is 4.46. The molecule has 0 N–H and O–H groups in total. The Kier molecular flexibility index (Phi) is 4.42. The van der Waals surface area contributed by atoms with Gasteiger partial charge in [-0.25, -0.2) is 8.42 Å². The van der Waals surface area contributed by atoms with Crippen LogP contribution in [0.25, 0.3) is 0 Å². The highest BCUT2D eigenvalue weighted by molar-refractivity contribution is 7.94. The van der Waals surface area contributed by atoms with E-state index in [4.69, 9.17) is 5.26 Å². The molecule has 6 heteroatoms. The number of benzene rings is 1. The lowest BCUT2D eigenvalue weighted by molar-refractivity contribution is 0.594. The van der Waals surface area contributed by atoms with Crippen LogP contribution in [0.1, 0.15) is 12.5 Å². The van der Waals surface area contributed by atoms with Crippen LogP contribution in [0.2, 0.25) is 0 Å². The number of nitrogens with zero attached hydrogens (tertiary/aromatic N) is 2. The second-order valence-electron chi connectivity index (χ2n) is 4.10. The van der Waals surface area contributed by atoms with E-state index in [0.29, 0.717) is 22.9 Å². The lowest BCUT2D eigenvalue weighted by Gasteiger charge is -2.22. The molecule has 0 atom stereocenters. The Labute approximate surface area is 123 Å². The molecule has 1 aromatic heterocycles. The Balaban J connectivity index is 2.36. The van der Waals surface area contributed by atoms with E-state index in [9.17, 15) is 8.42 Å². The smallest absolute Gasteiger partial charge is 0.266 e. The van der Waals surface area contributed by atoms with Gasteiger partial charge in [-0.3, -0.25) is 4.31 Å². The number of rotatable bonds is 5. The van der Waals surface area contributed by atoms with Crippen molar-refractivity contribution >= 4 is 27.0 Å². The zero-order valence-corrected chi connectivity index (χ0v) is 12.6. The quantitative estimate of drug-likeness (QED) is 0.853. The molecule has 0 spiro atoms. The molecular formula is C14H14N2O2S2. The third kappa shape index (κ3) is 2.84. The highest BCUT2D eigenvalue weighted by Gasteiger charge is 2.24. The maximum absolute atomic E-state index is 12.5. The van der Waals surface area contributed by atoms with Crippen molar-refractivity contribution in [1.29, 1.82) is 5.26 Å². The van der Waals surface area contributed by atoms with Crippen LogP contribution in [-0.2, 0) is 16.4 Å². The van der Waals surface area contributed by atoms with Crippen LogP contribution in [0, 0.1) is 11.3 Å². The third-order valence-corrected chi connectivity index (χ3v) is 6.11. The molecule has 104 valence electrons. The van der Waals surface area contributed by atoms with Crippen molar-refractivity contribution in [2.45, 2.75) is 17.6 Å². The molecule has 0 aliphatic heterocycles. The van der Waals surface area contributed by atoms with Crippen molar-refractivity contribution in [2.75, 3.05) is 10.8 Å². The summed E-state index contributed by atoms with van der Waals surface area (Å²) in [6, 6.07) is 12.4. The summed E-state index contributed by atoms with van der Waals surface area (Å²) in [4.78, 5) is 0. The predicted molar refractivity (Wildman–Crippen MR) is 80.3 cm³/mol. The number of anilines is 1. The van der Waals surface area contributed by atoms with Crippen LogP contribution in [0.3, 0.4) is 0 Å². The summed E-state index contributed by atoms with van der Waals surface area (Å²) in [5, 5.41) is 10.4. The van der Waals surface area contributed by atoms with Crippen molar-refractivity contribution in [3.63, 3.8) is 0 Å². The summed E-state index contributed by atoms with van der Waals surface area (Å²) in [6.07, 6.45) is 0.323. The Morgan fingerprint density at radius 1 is 1.25 bits per heavy atom. The van der Waals surface area contributed by atoms with Crippen LogP contribution in [0.5, 0.6) is 0 Å². The largest absolute Gasteiger partial charge is 0.273 e. The van der Waals surface area contributed by atoms with Crippen molar-refractivity contribution < 1.29 is 8.42 Å². The molecule has 2 rings (SSSR count). The lowest BCUT2D eigenvalue weighted by atomic mass is 10.1. The highest BCUT2D eigenvalue weighted by atomic mass is 32.2. The summed E-state index contributed by atoms with van der Waals surface area (Å²) in [5.41, 5.74) is 1.49. The summed E-state index contributed by atoms with van der Waals surface area (Å²) in [7, 11) is -3.50. The number of hydrogen-bond donors (Lipinski definition) is 0. The first-order valence-electron chi connectivity index (χ1n) is 6.11. The molecule has 0 bridgehead atoms. The van der Waals surface area contributed by atoms with Gasteiger partial charge < -0.3 is 0 Å². The third-order valence-electron chi connectivity index (χ3n) is 2.83. The first-order chi connectivity index (χ1) is 9.59. The molecule has 0 amide bonds. The van der Waals surface area contributed by atoms with Crippen molar-refractivity contribution in [3.05, 3.63) is 47.3 Å². The zero-order chi connectivity index (χ0) is 14.6. The van der Waals surface area contributed by atoms with Crippen molar-refractivity contribution in [1.82, 2.24) is 0 Å². The summed E-state index contributed by atoms with van der Waals surface area (Å²) >= 11 is 1.21. The van der Waals surface area contributed by atoms with Gasteiger partial charge >= 0.3 is 0 Å². The van der Waals surface area contributed by atoms with Gasteiger partial charge in [0.1, 0.15) is 4.21 Å². The average molecular weight is 306 g/mol. The number of hydrogen-bond acceptors (Lipinski definition) is 4. The maximum Gasteiger partial charge on any atom is 0.273 e. The Hall–Kier alpha value is -1.84. The summed E-state index contributed by atoms with van der Waals surface area (Å²) in [6.45, 7) is 2.16. The van der Waals surface area contributed by atoms with Crippen LogP contribution in [-0.4, -0.2) is 15.0 Å². The molecule has 1 heterocycles. The van der Waals surface area contributed by atoms with Gasteiger partial charge in [-0.2, -0.15) is 5.26 Å². The highest BCUT2D eigenvalue weighted by Crippen LogP contribution is 2.26. The van der Waals surface area contributed by atoms with Crippen molar-refractivity contribution in [2.24, 2.45) is 0 Å². The monoisotopic (exact) mass is 306 g/mol. The molecule has 0 saturated carbocycles. The standard InChI is InChI=1S/C14H14N2O2S2/c1-2-16(20(17,18)14-4-3-11-19-14)13-7-5-12(6-8-13)9-10-15/h3-8,11H,2,9H2,1H3. The molecule has 0 radical (unpaired) electrons. The number of nitriles is 1. The molecule has 0 unspecified atom stereocenters. The van der Waals surface area contributed by atoms with Gasteiger partial charge in [0.25, 0.3) is 10.0 Å². The first kappa shape index (κ1) is 14.6. The van der Waals surface area contributed by atoms with Gasteiger partial charge in [0.15, 0.2) is 0 Å². The van der Waals surface area contributed by atoms with E-state index in [1.54, 1.807) is 48.7 Å². The normalized spacial score (nSPS) is 11.0. The van der Waals surface area contributed by atoms with E-state index < -0.39 is 10.0 Å². The lowest BCUT2D eigenvalue weighted by Crippen LogP contribution is -2.30. The molecular weight excluding hydrogens is 292 g/mol. The molecule has 2 aromatic rings. The summed E-state index contributed by atoms with van der Waals surface area (Å²) < 4.78 is 26.7. The number of sulfonamides is 1. The van der Waals surface area contributed by atoms with Gasteiger partial charge in [-0.15, -0.1) is 11.3 Å². The predicted octanol–water partition coefficient (Wildman–Crippen LogP) is 3.03. The molecule has 4 nitrogen and oxygen atoms in total. The van der Waals surface area contributed by atoms with E-state index >= 15 is 0 Å². The van der Waals surface area contributed by atoms with Crippen LogP contribution in [0.15, 0.2) is 46.0 Å². The topological polar surface area (TPSA) is 61.2 Å². The molecule has 0 aliphatic rings. The Morgan fingerprint density at radius 2 is 1.95 bits per heavy atom. The fourth-order valence-electron chi connectivity index (χ4n) is 1.88. The summed E-state index contributed by atoms with van der Waals surface area (Å²) in [5.74, 6) is 0. The zero-order valence-electron chi connectivity index (χ0n) is 11.0. The number of thiophene rings is 1. The maximum atomic E-state index is 12.5. The Morgan fingerprint density at radius 3 is 2.45 bits per heavy atom.